The number of nitrogens with one attached hydrogen (secondary N) is 1. The van der Waals surface area contributed by atoms with Crippen molar-refractivity contribution in [2.24, 2.45) is 11.1 Å². The molecule has 0 aromatic carbocycles. The van der Waals surface area contributed by atoms with Crippen LogP contribution in [0.15, 0.2) is 0 Å². The summed E-state index contributed by atoms with van der Waals surface area (Å²) < 4.78 is 10.3. The van der Waals surface area contributed by atoms with Crippen LogP contribution in [-0.2, 0) is 9.47 Å². The quantitative estimate of drug-likeness (QED) is 0.355. The second kappa shape index (κ2) is 6.79. The summed E-state index contributed by atoms with van der Waals surface area (Å²) in [7, 11) is 1.68. The van der Waals surface area contributed by atoms with Gasteiger partial charge in [-0.1, -0.05) is 13.8 Å². The van der Waals surface area contributed by atoms with E-state index in [0.717, 1.165) is 19.4 Å². The molecule has 0 unspecified atom stereocenters. The molecule has 0 bridgehead atoms. The lowest BCUT2D eigenvalue weighted by Crippen LogP contribution is -2.32. The van der Waals surface area contributed by atoms with Gasteiger partial charge in [-0.25, -0.2) is 0 Å². The third-order valence-corrected chi connectivity index (χ3v) is 2.24. The Bertz CT molecular complexity index is 170. The van der Waals surface area contributed by atoms with Gasteiger partial charge in [0, 0.05) is 32.3 Å². The highest BCUT2D eigenvalue weighted by Gasteiger charge is 2.20. The first-order valence-corrected chi connectivity index (χ1v) is 4.92. The van der Waals surface area contributed by atoms with Crippen molar-refractivity contribution in [2.45, 2.75) is 26.7 Å². The minimum absolute atomic E-state index is 0.220. The molecule has 3 N–H and O–H groups in total. The molecule has 0 heterocycles. The van der Waals surface area contributed by atoms with Gasteiger partial charge in [0.05, 0.1) is 5.84 Å². The van der Waals surface area contributed by atoms with Crippen LogP contribution in [0.4, 0.5) is 0 Å². The van der Waals surface area contributed by atoms with Crippen molar-refractivity contribution in [3.8, 4) is 0 Å². The molecule has 0 aliphatic carbocycles. The number of ether oxygens (including phenoxy) is 2. The molecular formula is C10H22N2O2. The average molecular weight is 202 g/mol. The van der Waals surface area contributed by atoms with Gasteiger partial charge < -0.3 is 15.2 Å². The number of rotatable bonds is 8. The predicted octanol–water partition coefficient (Wildman–Crippen LogP) is 1.39. The van der Waals surface area contributed by atoms with Crippen molar-refractivity contribution in [3.05, 3.63) is 0 Å². The van der Waals surface area contributed by atoms with Crippen LogP contribution < -0.4 is 5.73 Å². The molecule has 0 saturated heterocycles. The van der Waals surface area contributed by atoms with Crippen molar-refractivity contribution >= 4 is 5.84 Å². The van der Waals surface area contributed by atoms with E-state index in [4.69, 9.17) is 20.6 Å². The number of nitrogens with two attached hydrogens (primary N) is 1. The third-order valence-electron chi connectivity index (χ3n) is 2.24. The summed E-state index contributed by atoms with van der Waals surface area (Å²) in [6.07, 6.45) is 1.70. The molecule has 0 saturated carbocycles. The molecule has 0 aliphatic heterocycles. The second-order valence-electron chi connectivity index (χ2n) is 4.01. The fourth-order valence-corrected chi connectivity index (χ4v) is 0.869. The lowest BCUT2D eigenvalue weighted by molar-refractivity contribution is 0.0914. The van der Waals surface area contributed by atoms with Gasteiger partial charge in [-0.3, -0.25) is 5.41 Å². The molecule has 0 spiro atoms. The van der Waals surface area contributed by atoms with Crippen LogP contribution in [0.1, 0.15) is 26.7 Å². The van der Waals surface area contributed by atoms with Crippen LogP contribution in [0.25, 0.3) is 0 Å². The molecular weight excluding hydrogens is 180 g/mol. The highest BCUT2D eigenvalue weighted by molar-refractivity contribution is 5.82. The fraction of sp³-hybridized carbons (Fsp3) is 0.900. The van der Waals surface area contributed by atoms with E-state index in [0.29, 0.717) is 13.2 Å². The van der Waals surface area contributed by atoms with Crippen LogP contribution in [0.5, 0.6) is 0 Å². The van der Waals surface area contributed by atoms with E-state index in [1.165, 1.54) is 0 Å². The molecule has 0 aromatic rings. The Hall–Kier alpha value is -0.610. The number of hydrogen-bond acceptors (Lipinski definition) is 3. The Morgan fingerprint density at radius 1 is 1.29 bits per heavy atom. The molecule has 0 aliphatic rings. The summed E-state index contributed by atoms with van der Waals surface area (Å²) >= 11 is 0. The standard InChI is InChI=1S/C10H22N2O2/c1-10(2,9(11)12)5-8-14-7-4-6-13-3/h4-8H2,1-3H3,(H3,11,12). The first-order chi connectivity index (χ1) is 6.50. The van der Waals surface area contributed by atoms with Crippen molar-refractivity contribution < 1.29 is 9.47 Å². The molecule has 0 amide bonds. The molecule has 4 nitrogen and oxygen atoms in total. The third kappa shape index (κ3) is 5.94. The van der Waals surface area contributed by atoms with Crippen LogP contribution in [0.2, 0.25) is 0 Å². The van der Waals surface area contributed by atoms with Crippen molar-refractivity contribution in [1.82, 2.24) is 0 Å². The van der Waals surface area contributed by atoms with Gasteiger partial charge >= 0.3 is 0 Å². The van der Waals surface area contributed by atoms with Crippen LogP contribution in [0.3, 0.4) is 0 Å². The van der Waals surface area contributed by atoms with Crippen molar-refractivity contribution in [2.75, 3.05) is 26.9 Å². The maximum Gasteiger partial charge on any atom is 0.0963 e. The Labute approximate surface area is 86.3 Å². The summed E-state index contributed by atoms with van der Waals surface area (Å²) in [6.45, 7) is 6.00. The normalized spacial score (nSPS) is 11.6. The highest BCUT2D eigenvalue weighted by Crippen LogP contribution is 2.19. The molecule has 14 heavy (non-hydrogen) atoms. The summed E-state index contributed by atoms with van der Waals surface area (Å²) in [5.74, 6) is 0.220. The minimum atomic E-state index is -0.249. The zero-order valence-electron chi connectivity index (χ0n) is 9.43. The Morgan fingerprint density at radius 2 is 1.93 bits per heavy atom. The van der Waals surface area contributed by atoms with Gasteiger partial charge in [0.25, 0.3) is 0 Å². The molecule has 0 aromatic heterocycles. The van der Waals surface area contributed by atoms with Gasteiger partial charge in [0.1, 0.15) is 0 Å². The minimum Gasteiger partial charge on any atom is -0.387 e. The topological polar surface area (TPSA) is 68.3 Å². The number of amidine groups is 1. The van der Waals surface area contributed by atoms with Crippen molar-refractivity contribution in [1.29, 1.82) is 5.41 Å². The van der Waals surface area contributed by atoms with E-state index in [-0.39, 0.29) is 11.3 Å². The van der Waals surface area contributed by atoms with Gasteiger partial charge in [0.2, 0.25) is 0 Å². The average Bonchev–Trinajstić information content (AvgIpc) is 2.10. The molecule has 0 atom stereocenters. The van der Waals surface area contributed by atoms with Gasteiger partial charge in [-0.15, -0.1) is 0 Å². The Kier molecular flexibility index (Phi) is 6.49. The van der Waals surface area contributed by atoms with Crippen molar-refractivity contribution in [3.63, 3.8) is 0 Å². The second-order valence-corrected chi connectivity index (χ2v) is 4.01. The lowest BCUT2D eigenvalue weighted by atomic mass is 9.89. The smallest absolute Gasteiger partial charge is 0.0963 e. The zero-order valence-corrected chi connectivity index (χ0v) is 9.43. The Morgan fingerprint density at radius 3 is 2.43 bits per heavy atom. The maximum atomic E-state index is 7.35. The molecule has 0 radical (unpaired) electrons. The van der Waals surface area contributed by atoms with Crippen LogP contribution in [-0.4, -0.2) is 32.8 Å². The molecule has 0 rings (SSSR count). The summed E-state index contributed by atoms with van der Waals surface area (Å²) in [4.78, 5) is 0. The maximum absolute atomic E-state index is 7.35. The van der Waals surface area contributed by atoms with Gasteiger partial charge in [0.15, 0.2) is 0 Å². The summed E-state index contributed by atoms with van der Waals surface area (Å²) in [6, 6.07) is 0. The SMILES string of the molecule is COCCCOCCC(C)(C)C(=N)N. The van der Waals surface area contributed by atoms with Crippen LogP contribution >= 0.6 is 0 Å². The van der Waals surface area contributed by atoms with E-state index in [1.807, 2.05) is 13.8 Å². The fourth-order valence-electron chi connectivity index (χ4n) is 0.869. The van der Waals surface area contributed by atoms with Gasteiger partial charge in [-0.2, -0.15) is 0 Å². The van der Waals surface area contributed by atoms with E-state index in [9.17, 15) is 0 Å². The summed E-state index contributed by atoms with van der Waals surface area (Å²) in [5.41, 5.74) is 5.19. The van der Waals surface area contributed by atoms with Gasteiger partial charge in [-0.05, 0) is 12.8 Å². The van der Waals surface area contributed by atoms with E-state index >= 15 is 0 Å². The van der Waals surface area contributed by atoms with E-state index in [2.05, 4.69) is 0 Å². The first kappa shape index (κ1) is 13.4. The predicted molar refractivity (Wildman–Crippen MR) is 57.6 cm³/mol. The number of methoxy groups -OCH3 is 1. The first-order valence-electron chi connectivity index (χ1n) is 4.92. The van der Waals surface area contributed by atoms with E-state index < -0.39 is 0 Å². The zero-order chi connectivity index (χ0) is 11.0. The summed E-state index contributed by atoms with van der Waals surface area (Å²) in [5, 5.41) is 7.35. The van der Waals surface area contributed by atoms with E-state index in [1.54, 1.807) is 7.11 Å². The largest absolute Gasteiger partial charge is 0.387 e. The highest BCUT2D eigenvalue weighted by atomic mass is 16.5. The number of hydrogen-bond donors (Lipinski definition) is 2. The Balaban J connectivity index is 3.40. The van der Waals surface area contributed by atoms with Crippen LogP contribution in [0, 0.1) is 10.8 Å². The molecule has 4 heteroatoms. The lowest BCUT2D eigenvalue weighted by Gasteiger charge is -2.22. The molecule has 0 fully saturated rings. The molecule has 84 valence electrons. The monoisotopic (exact) mass is 202 g/mol.